The Bertz CT molecular complexity index is 988. The summed E-state index contributed by atoms with van der Waals surface area (Å²) in [5.74, 6) is -0.731. The van der Waals surface area contributed by atoms with Gasteiger partial charge < -0.3 is 16.4 Å². The van der Waals surface area contributed by atoms with Gasteiger partial charge in [-0.2, -0.15) is 0 Å². The van der Waals surface area contributed by atoms with Gasteiger partial charge in [0.1, 0.15) is 6.04 Å². The van der Waals surface area contributed by atoms with Gasteiger partial charge in [-0.15, -0.1) is 0 Å². The zero-order valence-electron chi connectivity index (χ0n) is 15.3. The van der Waals surface area contributed by atoms with E-state index in [1.54, 1.807) is 30.3 Å². The van der Waals surface area contributed by atoms with Crippen LogP contribution in [0, 0.1) is 6.92 Å². The quantitative estimate of drug-likeness (QED) is 0.574. The van der Waals surface area contributed by atoms with Crippen molar-refractivity contribution in [2.45, 2.75) is 13.0 Å². The molecule has 0 aliphatic heterocycles. The van der Waals surface area contributed by atoms with Gasteiger partial charge in [0.2, 0.25) is 5.91 Å². The summed E-state index contributed by atoms with van der Waals surface area (Å²) in [5, 5.41) is 6.70. The third-order valence-corrected chi connectivity index (χ3v) is 4.72. The number of nitrogens with two attached hydrogens (primary N) is 1. The lowest BCUT2D eigenvalue weighted by atomic mass is 10.0. The summed E-state index contributed by atoms with van der Waals surface area (Å²) in [7, 11) is 0. The van der Waals surface area contributed by atoms with Gasteiger partial charge >= 0.3 is 0 Å². The Morgan fingerprint density at radius 1 is 0.929 bits per heavy atom. The molecule has 0 fully saturated rings. The smallest absolute Gasteiger partial charge is 0.251 e. The molecule has 0 bridgehead atoms. The number of amides is 2. The van der Waals surface area contributed by atoms with Crippen LogP contribution >= 0.6 is 11.6 Å². The van der Waals surface area contributed by atoms with Crippen molar-refractivity contribution < 1.29 is 9.59 Å². The molecule has 3 rings (SSSR count). The Kier molecular flexibility index (Phi) is 5.96. The van der Waals surface area contributed by atoms with Crippen LogP contribution in [-0.2, 0) is 4.79 Å². The van der Waals surface area contributed by atoms with Gasteiger partial charge in [-0.25, -0.2) is 0 Å². The second kappa shape index (κ2) is 8.59. The van der Waals surface area contributed by atoms with E-state index in [0.29, 0.717) is 22.0 Å². The molecule has 28 heavy (non-hydrogen) atoms. The molecule has 0 aliphatic carbocycles. The van der Waals surface area contributed by atoms with Gasteiger partial charge in [0.15, 0.2) is 0 Å². The second-order valence-electron chi connectivity index (χ2n) is 6.38. The van der Waals surface area contributed by atoms with E-state index in [2.05, 4.69) is 10.6 Å². The number of aryl methyl sites for hydroxylation is 1. The molecule has 3 aromatic rings. The van der Waals surface area contributed by atoms with Crippen molar-refractivity contribution in [1.82, 2.24) is 0 Å². The van der Waals surface area contributed by atoms with Crippen LogP contribution < -0.4 is 16.4 Å². The minimum Gasteiger partial charge on any atom is -0.370 e. The van der Waals surface area contributed by atoms with Crippen molar-refractivity contribution >= 4 is 34.8 Å². The van der Waals surface area contributed by atoms with Crippen molar-refractivity contribution in [3.63, 3.8) is 0 Å². The molecular weight excluding hydrogens is 374 g/mol. The number of carbonyl (C=O) groups excluding carboxylic acids is 2. The van der Waals surface area contributed by atoms with Gasteiger partial charge in [0.05, 0.1) is 0 Å². The fourth-order valence-electron chi connectivity index (χ4n) is 2.73. The molecule has 5 nitrogen and oxygen atoms in total. The number of hydrogen-bond donors (Lipinski definition) is 3. The van der Waals surface area contributed by atoms with Crippen LogP contribution in [0.15, 0.2) is 72.8 Å². The maximum absolute atomic E-state index is 13.0. The van der Waals surface area contributed by atoms with Crippen LogP contribution in [0.1, 0.15) is 27.5 Å². The average Bonchev–Trinajstić information content (AvgIpc) is 2.70. The average molecular weight is 394 g/mol. The standard InChI is InChI=1S/C22H20ClN3O2/c1-14-7-10-18(13-19(14)23)26-22(28)20(15-5-3-2-4-6-15)25-17-11-8-16(9-12-17)21(24)27/h2-13,20,25H,1H3,(H2,24,27)(H,26,28). The summed E-state index contributed by atoms with van der Waals surface area (Å²) < 4.78 is 0. The highest BCUT2D eigenvalue weighted by Gasteiger charge is 2.21. The number of rotatable bonds is 6. The van der Waals surface area contributed by atoms with Crippen LogP contribution in [-0.4, -0.2) is 11.8 Å². The number of nitrogens with one attached hydrogen (secondary N) is 2. The van der Waals surface area contributed by atoms with Gasteiger partial charge in [-0.3, -0.25) is 9.59 Å². The molecule has 3 aromatic carbocycles. The highest BCUT2D eigenvalue weighted by atomic mass is 35.5. The first-order chi connectivity index (χ1) is 13.4. The Morgan fingerprint density at radius 2 is 1.57 bits per heavy atom. The Hall–Kier alpha value is -3.31. The van der Waals surface area contributed by atoms with Crippen molar-refractivity contribution in [3.8, 4) is 0 Å². The zero-order chi connectivity index (χ0) is 20.1. The van der Waals surface area contributed by atoms with E-state index in [0.717, 1.165) is 11.1 Å². The maximum atomic E-state index is 13.0. The van der Waals surface area contributed by atoms with E-state index >= 15 is 0 Å². The summed E-state index contributed by atoms with van der Waals surface area (Å²) in [6.07, 6.45) is 0. The molecule has 2 amide bonds. The van der Waals surface area contributed by atoms with Crippen LogP contribution in [0.3, 0.4) is 0 Å². The first-order valence-electron chi connectivity index (χ1n) is 8.72. The lowest BCUT2D eigenvalue weighted by molar-refractivity contribution is -0.117. The van der Waals surface area contributed by atoms with Gasteiger partial charge in [0, 0.05) is 22.0 Å². The van der Waals surface area contributed by atoms with Crippen molar-refractivity contribution in [3.05, 3.63) is 94.5 Å². The molecule has 0 aromatic heterocycles. The topological polar surface area (TPSA) is 84.2 Å². The molecule has 0 saturated carbocycles. The van der Waals surface area contributed by atoms with Crippen LogP contribution in [0.5, 0.6) is 0 Å². The van der Waals surface area contributed by atoms with Gasteiger partial charge in [-0.1, -0.05) is 48.0 Å². The SMILES string of the molecule is Cc1ccc(NC(=O)C(Nc2ccc(C(N)=O)cc2)c2ccccc2)cc1Cl. The molecule has 4 N–H and O–H groups in total. The molecule has 1 unspecified atom stereocenters. The molecule has 0 aliphatic rings. The predicted molar refractivity (Wildman–Crippen MR) is 113 cm³/mol. The first-order valence-corrected chi connectivity index (χ1v) is 9.10. The van der Waals surface area contributed by atoms with Crippen LogP contribution in [0.4, 0.5) is 11.4 Å². The van der Waals surface area contributed by atoms with Crippen molar-refractivity contribution in [2.75, 3.05) is 10.6 Å². The Balaban J connectivity index is 1.85. The van der Waals surface area contributed by atoms with Crippen LogP contribution in [0.25, 0.3) is 0 Å². The van der Waals surface area contributed by atoms with Crippen molar-refractivity contribution in [1.29, 1.82) is 0 Å². The number of benzene rings is 3. The number of hydrogen-bond acceptors (Lipinski definition) is 3. The molecule has 0 radical (unpaired) electrons. The minimum absolute atomic E-state index is 0.231. The summed E-state index contributed by atoms with van der Waals surface area (Å²) in [6, 6.07) is 20.8. The van der Waals surface area contributed by atoms with E-state index in [1.165, 1.54) is 0 Å². The van der Waals surface area contributed by atoms with E-state index in [1.807, 2.05) is 49.4 Å². The van der Waals surface area contributed by atoms with Crippen LogP contribution in [0.2, 0.25) is 5.02 Å². The first kappa shape index (κ1) is 19.5. The minimum atomic E-state index is -0.638. The van der Waals surface area contributed by atoms with Crippen molar-refractivity contribution in [2.24, 2.45) is 5.73 Å². The predicted octanol–water partition coefficient (Wildman–Crippen LogP) is 4.54. The highest BCUT2D eigenvalue weighted by molar-refractivity contribution is 6.31. The maximum Gasteiger partial charge on any atom is 0.251 e. The Labute approximate surface area is 168 Å². The van der Waals surface area contributed by atoms with E-state index in [9.17, 15) is 9.59 Å². The lowest BCUT2D eigenvalue weighted by Crippen LogP contribution is -2.27. The molecule has 6 heteroatoms. The third-order valence-electron chi connectivity index (χ3n) is 4.31. The van der Waals surface area contributed by atoms with E-state index < -0.39 is 11.9 Å². The summed E-state index contributed by atoms with van der Waals surface area (Å²) in [4.78, 5) is 24.2. The van der Waals surface area contributed by atoms with E-state index in [-0.39, 0.29) is 5.91 Å². The summed E-state index contributed by atoms with van der Waals surface area (Å²) >= 11 is 6.16. The molecule has 0 heterocycles. The summed E-state index contributed by atoms with van der Waals surface area (Å²) in [5.41, 5.74) is 8.73. The number of carbonyl (C=O) groups is 2. The molecule has 0 saturated heterocycles. The number of halogens is 1. The highest BCUT2D eigenvalue weighted by Crippen LogP contribution is 2.24. The molecule has 142 valence electrons. The summed E-state index contributed by atoms with van der Waals surface area (Å²) in [6.45, 7) is 1.90. The number of primary amides is 1. The van der Waals surface area contributed by atoms with Gasteiger partial charge in [0.25, 0.3) is 5.91 Å². The normalized spacial score (nSPS) is 11.5. The molecule has 1 atom stereocenters. The zero-order valence-corrected chi connectivity index (χ0v) is 16.0. The second-order valence-corrected chi connectivity index (χ2v) is 6.79. The molecule has 0 spiro atoms. The number of anilines is 2. The third kappa shape index (κ3) is 4.69. The lowest BCUT2D eigenvalue weighted by Gasteiger charge is -2.20. The fourth-order valence-corrected chi connectivity index (χ4v) is 2.91. The monoisotopic (exact) mass is 393 g/mol. The van der Waals surface area contributed by atoms with E-state index in [4.69, 9.17) is 17.3 Å². The Morgan fingerprint density at radius 3 is 2.18 bits per heavy atom. The fraction of sp³-hybridized carbons (Fsp3) is 0.0909. The largest absolute Gasteiger partial charge is 0.370 e. The van der Waals surface area contributed by atoms with Gasteiger partial charge in [-0.05, 0) is 54.4 Å². The molecular formula is C22H20ClN3O2.